The molecule has 1 aromatic carbocycles. The van der Waals surface area contributed by atoms with Gasteiger partial charge >= 0.3 is 0 Å². The van der Waals surface area contributed by atoms with Crippen LogP contribution in [-0.4, -0.2) is 15.8 Å². The zero-order valence-electron chi connectivity index (χ0n) is 10.3. The predicted octanol–water partition coefficient (Wildman–Crippen LogP) is 3.63. The Balaban J connectivity index is 2.38. The molecule has 2 rings (SSSR count). The molecule has 0 saturated heterocycles. The lowest BCUT2D eigenvalue weighted by Gasteiger charge is -2.14. The molecule has 1 aromatic heterocycles. The van der Waals surface area contributed by atoms with Crippen molar-refractivity contribution in [1.82, 2.24) is 15.1 Å². The van der Waals surface area contributed by atoms with Crippen molar-refractivity contribution in [3.8, 4) is 5.69 Å². The highest BCUT2D eigenvalue weighted by molar-refractivity contribution is 14.1. The number of para-hydroxylation sites is 1. The van der Waals surface area contributed by atoms with E-state index in [1.807, 2.05) is 29.2 Å². The number of rotatable bonds is 4. The third-order valence-corrected chi connectivity index (χ3v) is 3.41. The van der Waals surface area contributed by atoms with E-state index < -0.39 is 0 Å². The standard InChI is InChI=1S/C13H15ClIN3/c1-9(2)16-6-10-4-3-5-12(14)13(10)18-8-11(15)7-17-18/h3-5,7-9,16H,6H2,1-2H3. The minimum atomic E-state index is 0.439. The van der Waals surface area contributed by atoms with Gasteiger partial charge in [0, 0.05) is 18.8 Å². The lowest BCUT2D eigenvalue weighted by Crippen LogP contribution is -2.22. The molecular formula is C13H15ClIN3. The summed E-state index contributed by atoms with van der Waals surface area (Å²) >= 11 is 8.54. The van der Waals surface area contributed by atoms with Crippen LogP contribution in [-0.2, 0) is 6.54 Å². The first-order valence-electron chi connectivity index (χ1n) is 5.79. The van der Waals surface area contributed by atoms with E-state index in [1.54, 1.807) is 0 Å². The second kappa shape index (κ2) is 6.04. The summed E-state index contributed by atoms with van der Waals surface area (Å²) in [6.45, 7) is 5.03. The van der Waals surface area contributed by atoms with E-state index in [-0.39, 0.29) is 0 Å². The molecule has 0 aliphatic carbocycles. The maximum Gasteiger partial charge on any atom is 0.0877 e. The molecule has 2 aromatic rings. The van der Waals surface area contributed by atoms with Gasteiger partial charge in [-0.15, -0.1) is 0 Å². The van der Waals surface area contributed by atoms with Crippen LogP contribution in [0.25, 0.3) is 5.69 Å². The zero-order valence-corrected chi connectivity index (χ0v) is 13.2. The molecular weight excluding hydrogens is 361 g/mol. The van der Waals surface area contributed by atoms with Crippen LogP contribution >= 0.6 is 34.2 Å². The Kier molecular flexibility index (Phi) is 4.64. The van der Waals surface area contributed by atoms with Crippen molar-refractivity contribution in [2.75, 3.05) is 0 Å². The largest absolute Gasteiger partial charge is 0.310 e. The van der Waals surface area contributed by atoms with Crippen LogP contribution in [0.1, 0.15) is 19.4 Å². The molecule has 5 heteroatoms. The summed E-state index contributed by atoms with van der Waals surface area (Å²) in [4.78, 5) is 0. The van der Waals surface area contributed by atoms with Crippen LogP contribution in [0.2, 0.25) is 5.02 Å². The highest BCUT2D eigenvalue weighted by Crippen LogP contribution is 2.24. The zero-order chi connectivity index (χ0) is 13.1. The highest BCUT2D eigenvalue weighted by Gasteiger charge is 2.10. The van der Waals surface area contributed by atoms with Crippen LogP contribution < -0.4 is 5.32 Å². The lowest BCUT2D eigenvalue weighted by molar-refractivity contribution is 0.586. The average Bonchev–Trinajstić information content (AvgIpc) is 2.72. The SMILES string of the molecule is CC(C)NCc1cccc(Cl)c1-n1cc(I)cn1. The van der Waals surface area contributed by atoms with Gasteiger partial charge in [-0.05, 0) is 34.2 Å². The van der Waals surface area contributed by atoms with Crippen molar-refractivity contribution in [2.45, 2.75) is 26.4 Å². The van der Waals surface area contributed by atoms with E-state index in [0.717, 1.165) is 26.4 Å². The molecule has 0 bridgehead atoms. The number of nitrogens with one attached hydrogen (secondary N) is 1. The molecule has 96 valence electrons. The first-order valence-corrected chi connectivity index (χ1v) is 7.25. The van der Waals surface area contributed by atoms with Crippen molar-refractivity contribution in [1.29, 1.82) is 0 Å². The van der Waals surface area contributed by atoms with Crippen LogP contribution in [0.3, 0.4) is 0 Å². The molecule has 0 fully saturated rings. The van der Waals surface area contributed by atoms with Crippen LogP contribution in [0.5, 0.6) is 0 Å². The number of hydrogen-bond acceptors (Lipinski definition) is 2. The minimum absolute atomic E-state index is 0.439. The fraction of sp³-hybridized carbons (Fsp3) is 0.308. The Hall–Kier alpha value is -0.590. The summed E-state index contributed by atoms with van der Waals surface area (Å²) in [5, 5.41) is 8.46. The normalized spacial score (nSPS) is 11.2. The van der Waals surface area contributed by atoms with Gasteiger partial charge in [-0.25, -0.2) is 4.68 Å². The van der Waals surface area contributed by atoms with Gasteiger partial charge in [0.1, 0.15) is 0 Å². The average molecular weight is 376 g/mol. The second-order valence-corrected chi connectivity index (χ2v) is 6.04. The smallest absolute Gasteiger partial charge is 0.0877 e. The molecule has 0 unspecified atom stereocenters. The van der Waals surface area contributed by atoms with E-state index in [4.69, 9.17) is 11.6 Å². The first-order chi connectivity index (χ1) is 8.58. The fourth-order valence-corrected chi connectivity index (χ4v) is 2.37. The highest BCUT2D eigenvalue weighted by atomic mass is 127. The third kappa shape index (κ3) is 3.24. The third-order valence-electron chi connectivity index (χ3n) is 2.55. The monoisotopic (exact) mass is 375 g/mol. The molecule has 0 spiro atoms. The first kappa shape index (κ1) is 13.8. The van der Waals surface area contributed by atoms with E-state index >= 15 is 0 Å². The molecule has 0 aliphatic heterocycles. The molecule has 0 saturated carbocycles. The maximum atomic E-state index is 6.30. The molecule has 0 aliphatic rings. The Labute approximate surface area is 126 Å². The van der Waals surface area contributed by atoms with Crippen molar-refractivity contribution in [3.63, 3.8) is 0 Å². The topological polar surface area (TPSA) is 29.9 Å². The molecule has 0 radical (unpaired) electrons. The second-order valence-electron chi connectivity index (χ2n) is 4.39. The summed E-state index contributed by atoms with van der Waals surface area (Å²) in [7, 11) is 0. The number of hydrogen-bond donors (Lipinski definition) is 1. The lowest BCUT2D eigenvalue weighted by atomic mass is 10.1. The quantitative estimate of drug-likeness (QED) is 0.827. The van der Waals surface area contributed by atoms with Gasteiger partial charge in [0.05, 0.1) is 20.5 Å². The van der Waals surface area contributed by atoms with Crippen LogP contribution in [0.4, 0.5) is 0 Å². The molecule has 0 atom stereocenters. The van der Waals surface area contributed by atoms with Gasteiger partial charge in [0.15, 0.2) is 0 Å². The number of nitrogens with zero attached hydrogens (tertiary/aromatic N) is 2. The Morgan fingerprint density at radius 1 is 1.44 bits per heavy atom. The summed E-state index contributed by atoms with van der Waals surface area (Å²) in [6, 6.07) is 6.38. The molecule has 1 heterocycles. The summed E-state index contributed by atoms with van der Waals surface area (Å²) in [5.41, 5.74) is 2.10. The van der Waals surface area contributed by atoms with Gasteiger partial charge in [-0.1, -0.05) is 37.6 Å². The number of benzene rings is 1. The van der Waals surface area contributed by atoms with Crippen molar-refractivity contribution in [3.05, 3.63) is 44.7 Å². The fourth-order valence-electron chi connectivity index (χ4n) is 1.70. The van der Waals surface area contributed by atoms with E-state index in [0.29, 0.717) is 6.04 Å². The minimum Gasteiger partial charge on any atom is -0.310 e. The van der Waals surface area contributed by atoms with E-state index in [2.05, 4.69) is 52.9 Å². The number of aromatic nitrogens is 2. The summed E-state index contributed by atoms with van der Waals surface area (Å²) in [5.74, 6) is 0. The van der Waals surface area contributed by atoms with E-state index in [1.165, 1.54) is 0 Å². The Morgan fingerprint density at radius 2 is 2.22 bits per heavy atom. The van der Waals surface area contributed by atoms with Gasteiger partial charge in [0.25, 0.3) is 0 Å². The maximum absolute atomic E-state index is 6.30. The number of halogens is 2. The summed E-state index contributed by atoms with van der Waals surface area (Å²) in [6.07, 6.45) is 3.80. The predicted molar refractivity (Wildman–Crippen MR) is 83.3 cm³/mol. The van der Waals surface area contributed by atoms with E-state index in [9.17, 15) is 0 Å². The van der Waals surface area contributed by atoms with Crippen molar-refractivity contribution in [2.24, 2.45) is 0 Å². The summed E-state index contributed by atoms with van der Waals surface area (Å²) < 4.78 is 2.93. The Morgan fingerprint density at radius 3 is 2.83 bits per heavy atom. The molecule has 0 amide bonds. The van der Waals surface area contributed by atoms with Gasteiger partial charge in [-0.2, -0.15) is 5.10 Å². The van der Waals surface area contributed by atoms with Crippen LogP contribution in [0.15, 0.2) is 30.6 Å². The van der Waals surface area contributed by atoms with Gasteiger partial charge in [-0.3, -0.25) is 0 Å². The van der Waals surface area contributed by atoms with Crippen molar-refractivity contribution >= 4 is 34.2 Å². The van der Waals surface area contributed by atoms with Crippen LogP contribution in [0, 0.1) is 3.57 Å². The van der Waals surface area contributed by atoms with Gasteiger partial charge < -0.3 is 5.32 Å². The Bertz CT molecular complexity index is 537. The van der Waals surface area contributed by atoms with Gasteiger partial charge in [0.2, 0.25) is 0 Å². The molecule has 1 N–H and O–H groups in total. The molecule has 18 heavy (non-hydrogen) atoms. The van der Waals surface area contributed by atoms with Crippen molar-refractivity contribution < 1.29 is 0 Å². The molecule has 3 nitrogen and oxygen atoms in total.